The SMILES string of the molecule is O=C(Nc1ccccc1C(=O)NCc1ccccn1)C(=O)N1CCCCC1. The Morgan fingerprint density at radius 1 is 0.963 bits per heavy atom. The highest BCUT2D eigenvalue weighted by Gasteiger charge is 2.24. The van der Waals surface area contributed by atoms with E-state index in [1.54, 1.807) is 41.4 Å². The van der Waals surface area contributed by atoms with Gasteiger partial charge in [0.15, 0.2) is 0 Å². The van der Waals surface area contributed by atoms with Crippen LogP contribution in [0.5, 0.6) is 0 Å². The quantitative estimate of drug-likeness (QED) is 0.809. The van der Waals surface area contributed by atoms with Gasteiger partial charge in [0.05, 0.1) is 23.5 Å². The van der Waals surface area contributed by atoms with E-state index in [-0.39, 0.29) is 12.5 Å². The van der Waals surface area contributed by atoms with Crippen LogP contribution in [-0.4, -0.2) is 40.7 Å². The Balaban J connectivity index is 1.65. The van der Waals surface area contributed by atoms with Crippen molar-refractivity contribution in [3.8, 4) is 0 Å². The maximum Gasteiger partial charge on any atom is 0.313 e. The molecule has 0 atom stereocenters. The summed E-state index contributed by atoms with van der Waals surface area (Å²) >= 11 is 0. The molecule has 1 aliphatic heterocycles. The lowest BCUT2D eigenvalue weighted by molar-refractivity contribution is -0.143. The zero-order valence-corrected chi connectivity index (χ0v) is 15.0. The smallest absolute Gasteiger partial charge is 0.313 e. The highest BCUT2D eigenvalue weighted by molar-refractivity contribution is 6.39. The largest absolute Gasteiger partial charge is 0.346 e. The van der Waals surface area contributed by atoms with Crippen LogP contribution in [0.1, 0.15) is 35.3 Å². The van der Waals surface area contributed by atoms with Crippen molar-refractivity contribution in [1.82, 2.24) is 15.2 Å². The fourth-order valence-corrected chi connectivity index (χ4v) is 2.98. The summed E-state index contributed by atoms with van der Waals surface area (Å²) in [5.41, 5.74) is 1.34. The molecule has 140 valence electrons. The third-order valence-electron chi connectivity index (χ3n) is 4.41. The second-order valence-corrected chi connectivity index (χ2v) is 6.36. The van der Waals surface area contributed by atoms with Gasteiger partial charge in [-0.25, -0.2) is 0 Å². The average Bonchev–Trinajstić information content (AvgIpc) is 2.73. The first-order valence-corrected chi connectivity index (χ1v) is 9.02. The van der Waals surface area contributed by atoms with Gasteiger partial charge in [-0.2, -0.15) is 0 Å². The van der Waals surface area contributed by atoms with E-state index >= 15 is 0 Å². The molecule has 2 N–H and O–H groups in total. The number of piperidine rings is 1. The Bertz CT molecular complexity index is 817. The number of hydrogen-bond donors (Lipinski definition) is 2. The third kappa shape index (κ3) is 4.91. The van der Waals surface area contributed by atoms with Gasteiger partial charge in [-0.3, -0.25) is 19.4 Å². The van der Waals surface area contributed by atoms with Crippen molar-refractivity contribution in [3.63, 3.8) is 0 Å². The molecule has 0 unspecified atom stereocenters. The average molecular weight is 366 g/mol. The number of nitrogens with one attached hydrogen (secondary N) is 2. The third-order valence-corrected chi connectivity index (χ3v) is 4.41. The van der Waals surface area contributed by atoms with Crippen LogP contribution < -0.4 is 10.6 Å². The van der Waals surface area contributed by atoms with Crippen LogP contribution in [0.2, 0.25) is 0 Å². The number of carbonyl (C=O) groups is 3. The zero-order chi connectivity index (χ0) is 19.1. The number of anilines is 1. The Kier molecular flexibility index (Phi) is 6.14. The lowest BCUT2D eigenvalue weighted by Gasteiger charge is -2.26. The molecule has 3 amide bonds. The molecule has 1 aromatic carbocycles. The minimum atomic E-state index is -0.720. The minimum Gasteiger partial charge on any atom is -0.346 e. The molecular weight excluding hydrogens is 344 g/mol. The number of para-hydroxylation sites is 1. The molecule has 1 aliphatic rings. The van der Waals surface area contributed by atoms with Crippen LogP contribution in [-0.2, 0) is 16.1 Å². The number of hydrogen-bond acceptors (Lipinski definition) is 4. The van der Waals surface area contributed by atoms with Crippen molar-refractivity contribution in [2.24, 2.45) is 0 Å². The molecule has 0 spiro atoms. The van der Waals surface area contributed by atoms with Crippen LogP contribution >= 0.6 is 0 Å². The molecule has 2 heterocycles. The van der Waals surface area contributed by atoms with Crippen molar-refractivity contribution >= 4 is 23.4 Å². The standard InChI is InChI=1S/C20H22N4O3/c25-18(22-14-15-8-4-5-11-21-15)16-9-2-3-10-17(16)23-19(26)20(27)24-12-6-1-7-13-24/h2-5,8-11H,1,6-7,12-14H2,(H,22,25)(H,23,26). The maximum atomic E-state index is 12.5. The molecule has 0 aliphatic carbocycles. The molecule has 7 heteroatoms. The monoisotopic (exact) mass is 366 g/mol. The molecular formula is C20H22N4O3. The van der Waals surface area contributed by atoms with E-state index in [1.165, 1.54) is 0 Å². The summed E-state index contributed by atoms with van der Waals surface area (Å²) < 4.78 is 0. The summed E-state index contributed by atoms with van der Waals surface area (Å²) in [6.07, 6.45) is 4.55. The van der Waals surface area contributed by atoms with Crippen molar-refractivity contribution < 1.29 is 14.4 Å². The number of aromatic nitrogens is 1. The van der Waals surface area contributed by atoms with Gasteiger partial charge in [0.1, 0.15) is 0 Å². The fraction of sp³-hybridized carbons (Fsp3) is 0.300. The van der Waals surface area contributed by atoms with Crippen LogP contribution in [0.25, 0.3) is 0 Å². The van der Waals surface area contributed by atoms with Crippen LogP contribution in [0.15, 0.2) is 48.7 Å². The van der Waals surface area contributed by atoms with Gasteiger partial charge in [0.25, 0.3) is 5.91 Å². The molecule has 1 aromatic heterocycles. The molecule has 0 radical (unpaired) electrons. The first-order valence-electron chi connectivity index (χ1n) is 9.02. The number of nitrogens with zero attached hydrogens (tertiary/aromatic N) is 2. The van der Waals surface area contributed by atoms with Crippen LogP contribution in [0.3, 0.4) is 0 Å². The lowest BCUT2D eigenvalue weighted by atomic mass is 10.1. The van der Waals surface area contributed by atoms with Gasteiger partial charge in [0.2, 0.25) is 0 Å². The molecule has 3 rings (SSSR count). The number of amides is 3. The van der Waals surface area contributed by atoms with Crippen molar-refractivity contribution in [3.05, 3.63) is 59.9 Å². The predicted octanol–water partition coefficient (Wildman–Crippen LogP) is 1.96. The molecule has 7 nitrogen and oxygen atoms in total. The van der Waals surface area contributed by atoms with E-state index < -0.39 is 11.8 Å². The normalized spacial score (nSPS) is 13.7. The van der Waals surface area contributed by atoms with E-state index in [1.807, 2.05) is 12.1 Å². The van der Waals surface area contributed by atoms with Crippen molar-refractivity contribution in [2.45, 2.75) is 25.8 Å². The number of benzene rings is 1. The Morgan fingerprint density at radius 2 is 1.70 bits per heavy atom. The molecule has 0 saturated carbocycles. The zero-order valence-electron chi connectivity index (χ0n) is 15.0. The topological polar surface area (TPSA) is 91.4 Å². The molecule has 27 heavy (non-hydrogen) atoms. The van der Waals surface area contributed by atoms with Crippen molar-refractivity contribution in [2.75, 3.05) is 18.4 Å². The summed E-state index contributed by atoms with van der Waals surface area (Å²) in [5, 5.41) is 5.35. The summed E-state index contributed by atoms with van der Waals surface area (Å²) in [7, 11) is 0. The van der Waals surface area contributed by atoms with E-state index in [4.69, 9.17) is 0 Å². The van der Waals surface area contributed by atoms with Gasteiger partial charge >= 0.3 is 11.8 Å². The molecule has 1 fully saturated rings. The number of rotatable bonds is 4. The van der Waals surface area contributed by atoms with Gasteiger partial charge in [-0.1, -0.05) is 18.2 Å². The van der Waals surface area contributed by atoms with Crippen LogP contribution in [0.4, 0.5) is 5.69 Å². The van der Waals surface area contributed by atoms with E-state index in [0.29, 0.717) is 24.3 Å². The van der Waals surface area contributed by atoms with Gasteiger partial charge < -0.3 is 15.5 Å². The first-order chi connectivity index (χ1) is 13.1. The Labute approximate surface area is 157 Å². The summed E-state index contributed by atoms with van der Waals surface area (Å²) in [4.78, 5) is 42.8. The van der Waals surface area contributed by atoms with Gasteiger partial charge in [-0.05, 0) is 43.5 Å². The van der Waals surface area contributed by atoms with Gasteiger partial charge in [0, 0.05) is 19.3 Å². The summed E-state index contributed by atoms with van der Waals surface area (Å²) in [6.45, 7) is 1.46. The fourth-order valence-electron chi connectivity index (χ4n) is 2.98. The Morgan fingerprint density at radius 3 is 2.44 bits per heavy atom. The van der Waals surface area contributed by atoms with E-state index in [9.17, 15) is 14.4 Å². The maximum absolute atomic E-state index is 12.5. The highest BCUT2D eigenvalue weighted by atomic mass is 16.2. The summed E-state index contributed by atoms with van der Waals surface area (Å²) in [5.74, 6) is -1.62. The minimum absolute atomic E-state index is 0.272. The molecule has 1 saturated heterocycles. The second kappa shape index (κ2) is 8.93. The lowest BCUT2D eigenvalue weighted by Crippen LogP contribution is -2.42. The van der Waals surface area contributed by atoms with Gasteiger partial charge in [-0.15, -0.1) is 0 Å². The van der Waals surface area contributed by atoms with Crippen molar-refractivity contribution in [1.29, 1.82) is 0 Å². The molecule has 0 bridgehead atoms. The predicted molar refractivity (Wildman–Crippen MR) is 101 cm³/mol. The summed E-state index contributed by atoms with van der Waals surface area (Å²) in [6, 6.07) is 12.1. The van der Waals surface area contributed by atoms with E-state index in [0.717, 1.165) is 25.0 Å². The second-order valence-electron chi connectivity index (χ2n) is 6.36. The number of carbonyl (C=O) groups excluding carboxylic acids is 3. The number of likely N-dealkylation sites (tertiary alicyclic amines) is 1. The van der Waals surface area contributed by atoms with E-state index in [2.05, 4.69) is 15.6 Å². The number of pyridine rings is 1. The molecule has 2 aromatic rings. The highest BCUT2D eigenvalue weighted by Crippen LogP contribution is 2.16. The van der Waals surface area contributed by atoms with Crippen LogP contribution in [0, 0.1) is 0 Å². The Hall–Kier alpha value is -3.22. The first kappa shape index (κ1) is 18.6.